The molecular weight excluding hydrogens is 428 g/mol. The minimum Gasteiger partial charge on any atom is -0.326 e. The first-order valence-corrected chi connectivity index (χ1v) is 10.4. The third-order valence-corrected chi connectivity index (χ3v) is 5.15. The third-order valence-electron chi connectivity index (χ3n) is 4.79. The van der Waals surface area contributed by atoms with Gasteiger partial charge in [-0.15, -0.1) is 9.73 Å². The molecule has 2 aromatic carbocycles. The van der Waals surface area contributed by atoms with E-state index in [9.17, 15) is 9.59 Å². The molecule has 0 spiro atoms. The fourth-order valence-electron chi connectivity index (χ4n) is 3.30. The molecule has 0 aliphatic heterocycles. The predicted molar refractivity (Wildman–Crippen MR) is 125 cm³/mol. The minimum atomic E-state index is -0.290. The molecule has 32 heavy (non-hydrogen) atoms. The molecule has 0 fully saturated rings. The van der Waals surface area contributed by atoms with E-state index in [0.717, 1.165) is 11.3 Å². The Kier molecular flexibility index (Phi) is 5.48. The zero-order valence-corrected chi connectivity index (χ0v) is 18.9. The van der Waals surface area contributed by atoms with Crippen LogP contribution < -0.4 is 10.6 Å². The fraction of sp³-hybridized carbons (Fsp3) is 0.217. The summed E-state index contributed by atoms with van der Waals surface area (Å²) in [5.41, 5.74) is 3.56. The number of hydrogen-bond donors (Lipinski definition) is 3. The molecule has 0 atom stereocenters. The van der Waals surface area contributed by atoms with E-state index in [0.29, 0.717) is 33.4 Å². The van der Waals surface area contributed by atoms with E-state index in [1.165, 1.54) is 11.6 Å². The number of rotatable bonds is 4. The Morgan fingerprint density at radius 1 is 1.00 bits per heavy atom. The molecule has 0 bridgehead atoms. The number of hydrogen-bond acceptors (Lipinski definition) is 4. The summed E-state index contributed by atoms with van der Waals surface area (Å²) in [6, 6.07) is 14.0. The number of carbonyl (C=O) groups is 2. The van der Waals surface area contributed by atoms with Crippen LogP contribution >= 0.6 is 11.6 Å². The van der Waals surface area contributed by atoms with Gasteiger partial charge >= 0.3 is 0 Å². The summed E-state index contributed by atoms with van der Waals surface area (Å²) in [5, 5.41) is 15.1. The van der Waals surface area contributed by atoms with Crippen molar-refractivity contribution in [3.8, 4) is 11.4 Å². The summed E-state index contributed by atoms with van der Waals surface area (Å²) >= 11 is 6.52. The van der Waals surface area contributed by atoms with E-state index in [4.69, 9.17) is 11.6 Å². The SMILES string of the molecule is CC(=O)Nc1cccc(C(=O)Nc2cccc(-c3nn4nc(C(C)(C)C)c(Cl)c4[nH]3)c2)c1. The number of aromatic nitrogens is 4. The highest BCUT2D eigenvalue weighted by atomic mass is 35.5. The van der Waals surface area contributed by atoms with E-state index in [2.05, 4.69) is 25.8 Å². The molecule has 2 amide bonds. The van der Waals surface area contributed by atoms with Crippen molar-refractivity contribution < 1.29 is 9.59 Å². The highest BCUT2D eigenvalue weighted by molar-refractivity contribution is 6.34. The van der Waals surface area contributed by atoms with Gasteiger partial charge in [0.05, 0.1) is 5.69 Å². The van der Waals surface area contributed by atoms with Gasteiger partial charge in [0.1, 0.15) is 5.02 Å². The maximum Gasteiger partial charge on any atom is 0.255 e. The average Bonchev–Trinajstić information content (AvgIpc) is 3.27. The smallest absolute Gasteiger partial charge is 0.255 e. The van der Waals surface area contributed by atoms with Gasteiger partial charge in [-0.3, -0.25) is 9.59 Å². The average molecular weight is 451 g/mol. The molecule has 0 unspecified atom stereocenters. The lowest BCUT2D eigenvalue weighted by Crippen LogP contribution is -2.13. The van der Waals surface area contributed by atoms with Crippen LogP contribution in [0.1, 0.15) is 43.7 Å². The number of benzene rings is 2. The van der Waals surface area contributed by atoms with E-state index < -0.39 is 0 Å². The van der Waals surface area contributed by atoms with Gasteiger partial charge in [-0.05, 0) is 30.3 Å². The predicted octanol–water partition coefficient (Wildman–Crippen LogP) is 4.89. The second-order valence-corrected chi connectivity index (χ2v) is 8.90. The first-order chi connectivity index (χ1) is 15.1. The molecule has 164 valence electrons. The lowest BCUT2D eigenvalue weighted by atomic mass is 9.92. The van der Waals surface area contributed by atoms with Crippen molar-refractivity contribution in [1.82, 2.24) is 19.8 Å². The van der Waals surface area contributed by atoms with Crippen LogP contribution in [0.2, 0.25) is 5.02 Å². The van der Waals surface area contributed by atoms with Crippen LogP contribution in [0.3, 0.4) is 0 Å². The Hall–Kier alpha value is -3.65. The second kappa shape index (κ2) is 8.12. The van der Waals surface area contributed by atoms with Gasteiger partial charge in [0.25, 0.3) is 5.91 Å². The maximum absolute atomic E-state index is 12.7. The van der Waals surface area contributed by atoms with Crippen molar-refractivity contribution in [1.29, 1.82) is 0 Å². The Balaban J connectivity index is 1.58. The Bertz CT molecular complexity index is 1330. The van der Waals surface area contributed by atoms with E-state index in [1.54, 1.807) is 30.3 Å². The number of H-pyrrole nitrogens is 1. The fourth-order valence-corrected chi connectivity index (χ4v) is 3.74. The number of halogens is 1. The van der Waals surface area contributed by atoms with E-state index >= 15 is 0 Å². The lowest BCUT2D eigenvalue weighted by Gasteiger charge is -2.14. The van der Waals surface area contributed by atoms with Crippen molar-refractivity contribution in [2.45, 2.75) is 33.1 Å². The molecule has 2 aromatic heterocycles. The topological polar surface area (TPSA) is 104 Å². The number of aromatic amines is 1. The summed E-state index contributed by atoms with van der Waals surface area (Å²) in [6.07, 6.45) is 0. The number of amides is 2. The van der Waals surface area contributed by atoms with Crippen molar-refractivity contribution in [2.24, 2.45) is 0 Å². The zero-order chi connectivity index (χ0) is 23.0. The number of fused-ring (bicyclic) bond motifs is 1. The van der Waals surface area contributed by atoms with E-state index in [-0.39, 0.29) is 17.2 Å². The first-order valence-electron chi connectivity index (χ1n) is 10.1. The van der Waals surface area contributed by atoms with Crippen LogP contribution in [-0.2, 0) is 10.2 Å². The van der Waals surface area contributed by atoms with Gasteiger partial charge in [0.15, 0.2) is 11.5 Å². The van der Waals surface area contributed by atoms with Gasteiger partial charge in [0.2, 0.25) is 5.91 Å². The number of nitrogens with zero attached hydrogens (tertiary/aromatic N) is 3. The molecule has 0 saturated heterocycles. The lowest BCUT2D eigenvalue weighted by molar-refractivity contribution is -0.114. The van der Waals surface area contributed by atoms with Gasteiger partial charge in [-0.2, -0.15) is 5.10 Å². The summed E-state index contributed by atoms with van der Waals surface area (Å²) < 4.78 is 1.50. The van der Waals surface area contributed by atoms with Gasteiger partial charge < -0.3 is 15.6 Å². The number of nitrogens with one attached hydrogen (secondary N) is 3. The van der Waals surface area contributed by atoms with Crippen molar-refractivity contribution in [3.05, 3.63) is 64.8 Å². The Morgan fingerprint density at radius 2 is 1.69 bits per heavy atom. The molecule has 0 saturated carbocycles. The van der Waals surface area contributed by atoms with Crippen molar-refractivity contribution in [2.75, 3.05) is 10.6 Å². The Morgan fingerprint density at radius 3 is 2.34 bits per heavy atom. The van der Waals surface area contributed by atoms with Crippen molar-refractivity contribution >= 4 is 40.4 Å². The molecule has 0 aliphatic carbocycles. The van der Waals surface area contributed by atoms with Gasteiger partial charge in [-0.1, -0.05) is 50.6 Å². The molecule has 2 heterocycles. The molecular formula is C23H23ClN6O2. The molecule has 4 aromatic rings. The molecule has 9 heteroatoms. The number of anilines is 2. The van der Waals surface area contributed by atoms with Crippen LogP contribution in [0.5, 0.6) is 0 Å². The maximum atomic E-state index is 12.7. The summed E-state index contributed by atoms with van der Waals surface area (Å²) in [7, 11) is 0. The van der Waals surface area contributed by atoms with Gasteiger partial charge in [-0.25, -0.2) is 0 Å². The second-order valence-electron chi connectivity index (χ2n) is 8.52. The van der Waals surface area contributed by atoms with Crippen LogP contribution in [0.15, 0.2) is 48.5 Å². The normalized spacial score (nSPS) is 11.5. The highest BCUT2D eigenvalue weighted by Crippen LogP contribution is 2.32. The van der Waals surface area contributed by atoms with E-state index in [1.807, 2.05) is 39.0 Å². The first kappa shape index (κ1) is 21.6. The molecule has 3 N–H and O–H groups in total. The van der Waals surface area contributed by atoms with Crippen LogP contribution in [0.4, 0.5) is 11.4 Å². The van der Waals surface area contributed by atoms with Crippen LogP contribution in [0, 0.1) is 0 Å². The Labute approximate surface area is 190 Å². The van der Waals surface area contributed by atoms with Gasteiger partial charge in [0, 0.05) is 34.8 Å². The molecule has 8 nitrogen and oxygen atoms in total. The number of carbonyl (C=O) groups excluding carboxylic acids is 2. The minimum absolute atomic E-state index is 0.199. The zero-order valence-electron chi connectivity index (χ0n) is 18.2. The quantitative estimate of drug-likeness (QED) is 0.412. The van der Waals surface area contributed by atoms with Crippen LogP contribution in [-0.4, -0.2) is 31.6 Å². The largest absolute Gasteiger partial charge is 0.326 e. The summed E-state index contributed by atoms with van der Waals surface area (Å²) in [5.74, 6) is 0.0925. The standard InChI is InChI=1S/C23H23ClN6O2/c1-13(31)25-16-9-6-8-15(12-16)22(32)26-17-10-5-7-14(11-17)20-27-21-18(24)19(23(2,3)4)28-30(21)29-20/h5-12H,1-4H3,(H,25,31)(H,26,32)(H,27,29). The molecule has 0 aliphatic rings. The summed E-state index contributed by atoms with van der Waals surface area (Å²) in [4.78, 5) is 27.2. The third kappa shape index (κ3) is 4.36. The molecule has 4 rings (SSSR count). The van der Waals surface area contributed by atoms with Crippen LogP contribution in [0.25, 0.3) is 17.0 Å². The molecule has 0 radical (unpaired) electrons. The summed E-state index contributed by atoms with van der Waals surface area (Å²) in [6.45, 7) is 7.54. The monoisotopic (exact) mass is 450 g/mol. The highest BCUT2D eigenvalue weighted by Gasteiger charge is 2.25. The van der Waals surface area contributed by atoms with Crippen molar-refractivity contribution in [3.63, 3.8) is 0 Å².